The summed E-state index contributed by atoms with van der Waals surface area (Å²) in [5.74, 6) is 0. The van der Waals surface area contributed by atoms with Crippen molar-refractivity contribution in [3.05, 3.63) is 12.2 Å². The monoisotopic (exact) mass is 344 g/mol. The minimum atomic E-state index is -1.06. The summed E-state index contributed by atoms with van der Waals surface area (Å²) < 4.78 is 10.9. The molecule has 1 saturated heterocycles. The Kier molecular flexibility index (Phi) is 12.4. The first kappa shape index (κ1) is 21.6. The van der Waals surface area contributed by atoms with Gasteiger partial charge in [-0.05, 0) is 19.3 Å². The summed E-state index contributed by atoms with van der Waals surface area (Å²) in [4.78, 5) is 0. The minimum Gasteiger partial charge on any atom is -0.394 e. The molecule has 0 aromatic carbocycles. The van der Waals surface area contributed by atoms with Crippen molar-refractivity contribution in [2.45, 2.75) is 89.1 Å². The van der Waals surface area contributed by atoms with Crippen LogP contribution in [0.3, 0.4) is 0 Å². The average molecular weight is 344 g/mol. The zero-order valence-corrected chi connectivity index (χ0v) is 15.1. The number of aliphatic hydroxyl groups excluding tert-OH is 3. The Hall–Kier alpha value is -0.460. The quantitative estimate of drug-likeness (QED) is 0.333. The standard InChI is InChI=1S/C19H36O5/c1-2-3-4-5-6-7-8-9-10-11-12-13-23-17-15-24-19(18(17)22)16(21)14-20/h10-11,16-22H,2-9,12-15H2,1H3/b11-10+/t16-,17+,18-,19-/m1/s1. The van der Waals surface area contributed by atoms with Crippen molar-refractivity contribution in [1.29, 1.82) is 0 Å². The van der Waals surface area contributed by atoms with Crippen molar-refractivity contribution in [1.82, 2.24) is 0 Å². The SMILES string of the molecule is CCCCCCCCC/C=C/CCO[C@H]1CO[C@H]([C@H](O)CO)[C@@H]1O. The Labute approximate surface area is 146 Å². The first-order valence-corrected chi connectivity index (χ1v) is 9.55. The topological polar surface area (TPSA) is 79.2 Å². The number of unbranched alkanes of at least 4 members (excludes halogenated alkanes) is 7. The summed E-state index contributed by atoms with van der Waals surface area (Å²) in [6.07, 6.45) is 12.4. The fourth-order valence-corrected chi connectivity index (χ4v) is 2.95. The molecule has 0 aliphatic carbocycles. The molecule has 24 heavy (non-hydrogen) atoms. The molecule has 1 heterocycles. The lowest BCUT2D eigenvalue weighted by Gasteiger charge is -2.20. The maximum atomic E-state index is 9.99. The second-order valence-electron chi connectivity index (χ2n) is 6.62. The summed E-state index contributed by atoms with van der Waals surface area (Å²) in [6.45, 7) is 2.60. The average Bonchev–Trinajstić information content (AvgIpc) is 2.96. The molecular formula is C19H36O5. The van der Waals surface area contributed by atoms with Crippen LogP contribution in [0.4, 0.5) is 0 Å². The van der Waals surface area contributed by atoms with Crippen LogP contribution in [0.25, 0.3) is 0 Å². The van der Waals surface area contributed by atoms with Crippen molar-refractivity contribution >= 4 is 0 Å². The van der Waals surface area contributed by atoms with E-state index in [1.54, 1.807) is 0 Å². The highest BCUT2D eigenvalue weighted by molar-refractivity contribution is 4.89. The van der Waals surface area contributed by atoms with Crippen LogP contribution in [0.15, 0.2) is 12.2 Å². The van der Waals surface area contributed by atoms with Gasteiger partial charge in [-0.2, -0.15) is 0 Å². The minimum absolute atomic E-state index is 0.255. The van der Waals surface area contributed by atoms with Crippen LogP contribution in [-0.4, -0.2) is 59.6 Å². The van der Waals surface area contributed by atoms with E-state index >= 15 is 0 Å². The Morgan fingerprint density at radius 3 is 2.46 bits per heavy atom. The molecule has 1 fully saturated rings. The highest BCUT2D eigenvalue weighted by Crippen LogP contribution is 2.20. The largest absolute Gasteiger partial charge is 0.394 e. The summed E-state index contributed by atoms with van der Waals surface area (Å²) in [5.41, 5.74) is 0. The Bertz CT molecular complexity index is 321. The van der Waals surface area contributed by atoms with Crippen LogP contribution < -0.4 is 0 Å². The summed E-state index contributed by atoms with van der Waals surface area (Å²) in [6, 6.07) is 0. The molecule has 4 atom stereocenters. The molecule has 0 spiro atoms. The molecule has 1 aliphatic rings. The van der Waals surface area contributed by atoms with Gasteiger partial charge in [0.15, 0.2) is 0 Å². The first-order chi connectivity index (χ1) is 11.7. The molecule has 0 aromatic heterocycles. The molecule has 1 rings (SSSR count). The predicted molar refractivity (Wildman–Crippen MR) is 94.9 cm³/mol. The first-order valence-electron chi connectivity index (χ1n) is 9.55. The molecule has 5 nitrogen and oxygen atoms in total. The number of allylic oxidation sites excluding steroid dienone is 1. The molecule has 0 unspecified atom stereocenters. The number of hydrogen-bond donors (Lipinski definition) is 3. The van der Waals surface area contributed by atoms with Gasteiger partial charge in [0.1, 0.15) is 24.4 Å². The van der Waals surface area contributed by atoms with Crippen molar-refractivity contribution in [2.75, 3.05) is 19.8 Å². The number of rotatable bonds is 14. The van der Waals surface area contributed by atoms with Crippen molar-refractivity contribution in [2.24, 2.45) is 0 Å². The smallest absolute Gasteiger partial charge is 0.114 e. The van der Waals surface area contributed by atoms with Gasteiger partial charge in [-0.25, -0.2) is 0 Å². The molecule has 1 aliphatic heterocycles. The third-order valence-corrected chi connectivity index (χ3v) is 4.49. The molecule has 0 aromatic rings. The van der Waals surface area contributed by atoms with E-state index in [0.717, 1.165) is 12.8 Å². The van der Waals surface area contributed by atoms with Crippen molar-refractivity contribution < 1.29 is 24.8 Å². The van der Waals surface area contributed by atoms with Crippen LogP contribution in [0.5, 0.6) is 0 Å². The van der Waals surface area contributed by atoms with E-state index in [9.17, 15) is 10.2 Å². The van der Waals surface area contributed by atoms with Gasteiger partial charge in [-0.1, -0.05) is 57.6 Å². The van der Waals surface area contributed by atoms with Gasteiger partial charge < -0.3 is 24.8 Å². The second-order valence-corrected chi connectivity index (χ2v) is 6.62. The van der Waals surface area contributed by atoms with Gasteiger partial charge in [-0.3, -0.25) is 0 Å². The molecule has 0 radical (unpaired) electrons. The van der Waals surface area contributed by atoms with Crippen LogP contribution in [0, 0.1) is 0 Å². The van der Waals surface area contributed by atoms with Gasteiger partial charge in [-0.15, -0.1) is 0 Å². The zero-order chi connectivity index (χ0) is 17.6. The lowest BCUT2D eigenvalue weighted by Crippen LogP contribution is -2.41. The normalized spacial score (nSPS) is 25.6. The summed E-state index contributed by atoms with van der Waals surface area (Å²) in [5, 5.41) is 28.4. The van der Waals surface area contributed by atoms with Gasteiger partial charge in [0.2, 0.25) is 0 Å². The molecule has 3 N–H and O–H groups in total. The molecule has 0 bridgehead atoms. The van der Waals surface area contributed by atoms with Gasteiger partial charge in [0.05, 0.1) is 19.8 Å². The van der Waals surface area contributed by atoms with Gasteiger partial charge in [0, 0.05) is 0 Å². The Morgan fingerprint density at radius 2 is 1.75 bits per heavy atom. The molecule has 0 saturated carbocycles. The van der Waals surface area contributed by atoms with Crippen molar-refractivity contribution in [3.8, 4) is 0 Å². The Morgan fingerprint density at radius 1 is 1.08 bits per heavy atom. The maximum Gasteiger partial charge on any atom is 0.114 e. The molecule has 5 heteroatoms. The van der Waals surface area contributed by atoms with Crippen LogP contribution in [-0.2, 0) is 9.47 Å². The third kappa shape index (κ3) is 8.58. The third-order valence-electron chi connectivity index (χ3n) is 4.49. The van der Waals surface area contributed by atoms with Gasteiger partial charge >= 0.3 is 0 Å². The van der Waals surface area contributed by atoms with Gasteiger partial charge in [0.25, 0.3) is 0 Å². The summed E-state index contributed by atoms with van der Waals surface area (Å²) in [7, 11) is 0. The van der Waals surface area contributed by atoms with E-state index in [-0.39, 0.29) is 6.61 Å². The predicted octanol–water partition coefficient (Wildman–Crippen LogP) is 2.57. The molecule has 0 amide bonds. The highest BCUT2D eigenvalue weighted by Gasteiger charge is 2.40. The van der Waals surface area contributed by atoms with E-state index in [0.29, 0.717) is 6.61 Å². The molecule has 142 valence electrons. The van der Waals surface area contributed by atoms with E-state index in [1.807, 2.05) is 0 Å². The van der Waals surface area contributed by atoms with Crippen molar-refractivity contribution in [3.63, 3.8) is 0 Å². The summed E-state index contributed by atoms with van der Waals surface area (Å²) >= 11 is 0. The fraction of sp³-hybridized carbons (Fsp3) is 0.895. The van der Waals surface area contributed by atoms with E-state index < -0.39 is 31.0 Å². The van der Waals surface area contributed by atoms with Crippen LogP contribution in [0.1, 0.15) is 64.7 Å². The van der Waals surface area contributed by atoms with Crippen LogP contribution in [0.2, 0.25) is 0 Å². The van der Waals surface area contributed by atoms with Crippen LogP contribution >= 0.6 is 0 Å². The fourth-order valence-electron chi connectivity index (χ4n) is 2.95. The number of hydrogen-bond acceptors (Lipinski definition) is 5. The Balaban J connectivity index is 1.96. The number of aliphatic hydroxyl groups is 3. The lowest BCUT2D eigenvalue weighted by molar-refractivity contribution is -0.0726. The van der Waals surface area contributed by atoms with E-state index in [1.165, 1.54) is 44.9 Å². The van der Waals surface area contributed by atoms with E-state index in [2.05, 4.69) is 19.1 Å². The highest BCUT2D eigenvalue weighted by atomic mass is 16.6. The number of ether oxygens (including phenoxy) is 2. The zero-order valence-electron chi connectivity index (χ0n) is 15.1. The molecular weight excluding hydrogens is 308 g/mol. The second kappa shape index (κ2) is 13.8. The maximum absolute atomic E-state index is 9.99. The lowest BCUT2D eigenvalue weighted by atomic mass is 10.1. The van der Waals surface area contributed by atoms with E-state index in [4.69, 9.17) is 14.6 Å².